The first-order valence-electron chi connectivity index (χ1n) is 5.59. The lowest BCUT2D eigenvalue weighted by Gasteiger charge is -2.22. The average Bonchev–Trinajstić information content (AvgIpc) is 2.26. The molecule has 5 heteroatoms. The highest BCUT2D eigenvalue weighted by Crippen LogP contribution is 2.22. The van der Waals surface area contributed by atoms with Gasteiger partial charge in [0.2, 0.25) is 10.0 Å². The van der Waals surface area contributed by atoms with Crippen LogP contribution >= 0.6 is 0 Å². The van der Waals surface area contributed by atoms with E-state index in [1.165, 1.54) is 4.31 Å². The molecule has 0 radical (unpaired) electrons. The minimum atomic E-state index is -3.25. The molecule has 1 rings (SSSR count). The topological polar surface area (TPSA) is 50.3 Å². The van der Waals surface area contributed by atoms with Gasteiger partial charge in [0.15, 0.2) is 0 Å². The molecule has 0 aliphatic rings. The number of aromatic nitrogens is 1. The maximum Gasteiger partial charge on any atom is 0.234 e. The number of nitrogens with zero attached hydrogens (tertiary/aromatic N) is 2. The zero-order valence-corrected chi connectivity index (χ0v) is 11.7. The zero-order valence-electron chi connectivity index (χ0n) is 10.8. The summed E-state index contributed by atoms with van der Waals surface area (Å²) in [6.45, 7) is 6.10. The highest BCUT2D eigenvalue weighted by atomic mass is 32.2. The van der Waals surface area contributed by atoms with Crippen molar-refractivity contribution in [3.8, 4) is 0 Å². The molecule has 0 saturated carbocycles. The molecule has 0 unspecified atom stereocenters. The van der Waals surface area contributed by atoms with Crippen LogP contribution in [0.25, 0.3) is 0 Å². The van der Waals surface area contributed by atoms with Crippen molar-refractivity contribution in [1.82, 2.24) is 4.98 Å². The summed E-state index contributed by atoms with van der Waals surface area (Å²) in [5.74, 6) is 0.155. The highest BCUT2D eigenvalue weighted by Gasteiger charge is 2.21. The number of hydrogen-bond donors (Lipinski definition) is 0. The van der Waals surface area contributed by atoms with Crippen molar-refractivity contribution in [1.29, 1.82) is 0 Å². The fourth-order valence-electron chi connectivity index (χ4n) is 1.27. The van der Waals surface area contributed by atoms with Crippen molar-refractivity contribution in [2.24, 2.45) is 5.41 Å². The van der Waals surface area contributed by atoms with E-state index in [2.05, 4.69) is 4.98 Å². The Balaban J connectivity index is 2.78. The van der Waals surface area contributed by atoms with E-state index in [-0.39, 0.29) is 11.2 Å². The van der Waals surface area contributed by atoms with E-state index in [1.807, 2.05) is 20.8 Å². The molecule has 1 heterocycles. The van der Waals surface area contributed by atoms with Crippen molar-refractivity contribution in [2.75, 3.05) is 17.1 Å². The van der Waals surface area contributed by atoms with Gasteiger partial charge in [0.25, 0.3) is 0 Å². The molecule has 1 aromatic heterocycles. The second kappa shape index (κ2) is 5.04. The Labute approximate surface area is 104 Å². The van der Waals surface area contributed by atoms with Crippen LogP contribution in [0.2, 0.25) is 0 Å². The Kier molecular flexibility index (Phi) is 4.14. The summed E-state index contributed by atoms with van der Waals surface area (Å²) in [6.07, 6.45) is 3.81. The summed E-state index contributed by atoms with van der Waals surface area (Å²) >= 11 is 0. The Hall–Kier alpha value is -1.10. The summed E-state index contributed by atoms with van der Waals surface area (Å²) in [5.41, 5.74) is 0.615. The number of pyridine rings is 1. The monoisotopic (exact) mass is 256 g/mol. The molecule has 17 heavy (non-hydrogen) atoms. The van der Waals surface area contributed by atoms with Crippen LogP contribution in [-0.4, -0.2) is 26.2 Å². The molecule has 0 aromatic carbocycles. The Morgan fingerprint density at radius 1 is 1.35 bits per heavy atom. The molecular formula is C12H20N2O2S. The van der Waals surface area contributed by atoms with Crippen molar-refractivity contribution >= 4 is 15.7 Å². The first-order chi connectivity index (χ1) is 7.72. The molecule has 1 aromatic rings. The normalized spacial score (nSPS) is 12.5. The van der Waals surface area contributed by atoms with E-state index in [9.17, 15) is 8.42 Å². The largest absolute Gasteiger partial charge is 0.272 e. The van der Waals surface area contributed by atoms with Crippen molar-refractivity contribution < 1.29 is 8.42 Å². The molecule has 0 aliphatic heterocycles. The van der Waals surface area contributed by atoms with Gasteiger partial charge in [0.05, 0.1) is 17.6 Å². The number of hydrogen-bond acceptors (Lipinski definition) is 3. The van der Waals surface area contributed by atoms with Gasteiger partial charge < -0.3 is 0 Å². The van der Waals surface area contributed by atoms with Gasteiger partial charge in [0.1, 0.15) is 0 Å². The minimum absolute atomic E-state index is 0.0167. The summed E-state index contributed by atoms with van der Waals surface area (Å²) in [6, 6.07) is 3.47. The second-order valence-electron chi connectivity index (χ2n) is 5.31. The van der Waals surface area contributed by atoms with E-state index >= 15 is 0 Å². The Bertz CT molecular complexity index is 449. The maximum atomic E-state index is 12.1. The molecule has 0 N–H and O–H groups in total. The van der Waals surface area contributed by atoms with Crippen LogP contribution in [0, 0.1) is 5.41 Å². The van der Waals surface area contributed by atoms with Crippen LogP contribution in [0.3, 0.4) is 0 Å². The zero-order chi connectivity index (χ0) is 13.1. The highest BCUT2D eigenvalue weighted by molar-refractivity contribution is 7.92. The Morgan fingerprint density at radius 2 is 2.00 bits per heavy atom. The third-order valence-electron chi connectivity index (χ3n) is 2.54. The summed E-state index contributed by atoms with van der Waals surface area (Å²) in [5, 5.41) is 0. The van der Waals surface area contributed by atoms with Crippen LogP contribution in [0.4, 0.5) is 5.69 Å². The molecule has 4 nitrogen and oxygen atoms in total. The minimum Gasteiger partial charge on any atom is -0.272 e. The maximum absolute atomic E-state index is 12.1. The lowest BCUT2D eigenvalue weighted by atomic mass is 9.94. The molecule has 0 bridgehead atoms. The van der Waals surface area contributed by atoms with Crippen LogP contribution in [0.5, 0.6) is 0 Å². The fourth-order valence-corrected chi connectivity index (χ4v) is 2.85. The lowest BCUT2D eigenvalue weighted by molar-refractivity contribution is 0.397. The molecule has 0 amide bonds. The summed E-state index contributed by atoms with van der Waals surface area (Å²) in [4.78, 5) is 3.92. The first kappa shape index (κ1) is 14.0. The molecular weight excluding hydrogens is 236 g/mol. The van der Waals surface area contributed by atoms with Gasteiger partial charge in [-0.1, -0.05) is 20.8 Å². The van der Waals surface area contributed by atoms with Gasteiger partial charge in [-0.25, -0.2) is 8.42 Å². The molecule has 0 spiro atoms. The molecule has 0 fully saturated rings. The van der Waals surface area contributed by atoms with Gasteiger partial charge >= 0.3 is 0 Å². The van der Waals surface area contributed by atoms with Crippen LogP contribution in [0.1, 0.15) is 27.2 Å². The van der Waals surface area contributed by atoms with Gasteiger partial charge in [-0.2, -0.15) is 0 Å². The SMILES string of the molecule is CN(c1cccnc1)S(=O)(=O)CCC(C)(C)C. The van der Waals surface area contributed by atoms with Crippen molar-refractivity contribution in [2.45, 2.75) is 27.2 Å². The molecule has 0 aliphatic carbocycles. The standard InChI is InChI=1S/C12H20N2O2S/c1-12(2,3)7-9-17(15,16)14(4)11-6-5-8-13-10-11/h5-6,8,10H,7,9H2,1-4H3. The van der Waals surface area contributed by atoms with Crippen molar-refractivity contribution in [3.63, 3.8) is 0 Å². The average molecular weight is 256 g/mol. The van der Waals surface area contributed by atoms with Crippen LogP contribution < -0.4 is 4.31 Å². The molecule has 0 saturated heterocycles. The van der Waals surface area contributed by atoms with Crippen LogP contribution in [0.15, 0.2) is 24.5 Å². The second-order valence-corrected chi connectivity index (χ2v) is 7.43. The van der Waals surface area contributed by atoms with E-state index in [0.717, 1.165) is 0 Å². The third-order valence-corrected chi connectivity index (χ3v) is 4.30. The quantitative estimate of drug-likeness (QED) is 0.830. The smallest absolute Gasteiger partial charge is 0.234 e. The first-order valence-corrected chi connectivity index (χ1v) is 7.20. The molecule has 96 valence electrons. The van der Waals surface area contributed by atoms with Gasteiger partial charge in [-0.05, 0) is 24.0 Å². The van der Waals surface area contributed by atoms with Gasteiger partial charge in [0, 0.05) is 13.2 Å². The fraction of sp³-hybridized carbons (Fsp3) is 0.583. The summed E-state index contributed by atoms with van der Waals surface area (Å²) in [7, 11) is -1.69. The molecule has 0 atom stereocenters. The van der Waals surface area contributed by atoms with E-state index in [0.29, 0.717) is 12.1 Å². The Morgan fingerprint density at radius 3 is 2.47 bits per heavy atom. The predicted octanol–water partition coefficient (Wildman–Crippen LogP) is 2.28. The lowest BCUT2D eigenvalue weighted by Crippen LogP contribution is -2.30. The number of sulfonamides is 1. The third kappa shape index (κ3) is 4.34. The van der Waals surface area contributed by atoms with E-state index in [4.69, 9.17) is 0 Å². The number of rotatable bonds is 4. The number of anilines is 1. The summed E-state index contributed by atoms with van der Waals surface area (Å²) < 4.78 is 25.4. The van der Waals surface area contributed by atoms with E-state index < -0.39 is 10.0 Å². The van der Waals surface area contributed by atoms with Gasteiger partial charge in [-0.3, -0.25) is 9.29 Å². The predicted molar refractivity (Wildman–Crippen MR) is 70.5 cm³/mol. The van der Waals surface area contributed by atoms with Crippen LogP contribution in [-0.2, 0) is 10.0 Å². The van der Waals surface area contributed by atoms with E-state index in [1.54, 1.807) is 31.6 Å². The van der Waals surface area contributed by atoms with Crippen molar-refractivity contribution in [3.05, 3.63) is 24.5 Å². The van der Waals surface area contributed by atoms with Gasteiger partial charge in [-0.15, -0.1) is 0 Å².